The Hall–Kier alpha value is -1.42. The zero-order valence-electron chi connectivity index (χ0n) is 8.21. The van der Waals surface area contributed by atoms with Crippen LogP contribution >= 0.6 is 15.9 Å². The summed E-state index contributed by atoms with van der Waals surface area (Å²) in [7, 11) is 0. The number of halogens is 2. The van der Waals surface area contributed by atoms with Gasteiger partial charge < -0.3 is 4.74 Å². The Bertz CT molecular complexity index is 519. The molecule has 0 atom stereocenters. The summed E-state index contributed by atoms with van der Waals surface area (Å²) in [6.07, 6.45) is 0. The minimum atomic E-state index is -0.515. The van der Waals surface area contributed by atoms with Gasteiger partial charge in [-0.15, -0.1) is 0 Å². The molecule has 0 saturated heterocycles. The zero-order valence-corrected chi connectivity index (χ0v) is 9.79. The van der Waals surface area contributed by atoms with E-state index in [0.29, 0.717) is 12.5 Å². The van der Waals surface area contributed by atoms with Gasteiger partial charge in [0, 0.05) is 10.0 Å². The van der Waals surface area contributed by atoms with Gasteiger partial charge in [-0.2, -0.15) is 9.37 Å². The van der Waals surface area contributed by atoms with E-state index in [0.717, 1.165) is 21.2 Å². The number of pyridine rings is 1. The Morgan fingerprint density at radius 2 is 2.00 bits per heavy atom. The van der Waals surface area contributed by atoms with Gasteiger partial charge in [-0.1, -0.05) is 22.0 Å². The molecular weight excluding hydrogens is 273 g/mol. The summed E-state index contributed by atoms with van der Waals surface area (Å²) in [4.78, 5) is 3.73. The molecule has 0 amide bonds. The third kappa shape index (κ3) is 1.50. The summed E-state index contributed by atoms with van der Waals surface area (Å²) < 4.78 is 19.4. The van der Waals surface area contributed by atoms with Crippen molar-refractivity contribution >= 4 is 15.9 Å². The second kappa shape index (κ2) is 3.56. The summed E-state index contributed by atoms with van der Waals surface area (Å²) in [5, 5.41) is 0. The molecule has 1 aliphatic rings. The number of hydrogen-bond acceptors (Lipinski definition) is 2. The SMILES string of the molecule is Fc1ccc2c(n1)OCc1cc(Br)ccc1-2. The summed E-state index contributed by atoms with van der Waals surface area (Å²) in [5.41, 5.74) is 2.97. The maximum Gasteiger partial charge on any atom is 0.224 e. The van der Waals surface area contributed by atoms with E-state index in [4.69, 9.17) is 4.74 Å². The van der Waals surface area contributed by atoms with Crippen molar-refractivity contribution in [1.82, 2.24) is 4.98 Å². The van der Waals surface area contributed by atoms with E-state index in [9.17, 15) is 4.39 Å². The lowest BCUT2D eigenvalue weighted by molar-refractivity contribution is 0.285. The lowest BCUT2D eigenvalue weighted by atomic mass is 9.99. The summed E-state index contributed by atoms with van der Waals surface area (Å²) >= 11 is 3.41. The van der Waals surface area contributed by atoms with Crippen LogP contribution in [-0.2, 0) is 6.61 Å². The molecule has 2 nitrogen and oxygen atoms in total. The molecule has 0 aliphatic carbocycles. The molecule has 0 unspecified atom stereocenters. The van der Waals surface area contributed by atoms with Gasteiger partial charge in [0.2, 0.25) is 11.8 Å². The number of aromatic nitrogens is 1. The average Bonchev–Trinajstić information content (AvgIpc) is 2.28. The first-order valence-electron chi connectivity index (χ1n) is 4.82. The van der Waals surface area contributed by atoms with E-state index in [1.165, 1.54) is 6.07 Å². The van der Waals surface area contributed by atoms with Crippen LogP contribution in [0, 0.1) is 5.95 Å². The second-order valence-electron chi connectivity index (χ2n) is 3.58. The molecule has 0 spiro atoms. The van der Waals surface area contributed by atoms with Gasteiger partial charge in [0.1, 0.15) is 6.61 Å². The molecule has 2 aromatic rings. The minimum absolute atomic E-state index is 0.370. The van der Waals surface area contributed by atoms with E-state index in [2.05, 4.69) is 20.9 Å². The molecule has 80 valence electrons. The highest BCUT2D eigenvalue weighted by Crippen LogP contribution is 2.36. The number of ether oxygens (including phenoxy) is 1. The third-order valence-electron chi connectivity index (χ3n) is 2.55. The number of fused-ring (bicyclic) bond motifs is 3. The molecule has 2 heterocycles. The van der Waals surface area contributed by atoms with Crippen LogP contribution in [0.5, 0.6) is 5.88 Å². The lowest BCUT2D eigenvalue weighted by Crippen LogP contribution is -2.07. The molecule has 0 bridgehead atoms. The number of benzene rings is 1. The van der Waals surface area contributed by atoms with Crippen LogP contribution in [0.1, 0.15) is 5.56 Å². The second-order valence-corrected chi connectivity index (χ2v) is 4.49. The first-order chi connectivity index (χ1) is 7.74. The van der Waals surface area contributed by atoms with Crippen molar-refractivity contribution in [1.29, 1.82) is 0 Å². The van der Waals surface area contributed by atoms with E-state index < -0.39 is 5.95 Å². The molecule has 1 aromatic heterocycles. The number of hydrogen-bond donors (Lipinski definition) is 0. The van der Waals surface area contributed by atoms with Crippen LogP contribution in [-0.4, -0.2) is 4.98 Å². The van der Waals surface area contributed by atoms with Gasteiger partial charge in [-0.3, -0.25) is 0 Å². The molecular formula is C12H7BrFNO. The largest absolute Gasteiger partial charge is 0.472 e. The van der Waals surface area contributed by atoms with Crippen molar-refractivity contribution in [2.75, 3.05) is 0 Å². The van der Waals surface area contributed by atoms with Crippen LogP contribution in [0.2, 0.25) is 0 Å². The molecule has 3 rings (SSSR count). The van der Waals surface area contributed by atoms with Crippen molar-refractivity contribution in [3.63, 3.8) is 0 Å². The maximum atomic E-state index is 12.9. The quantitative estimate of drug-likeness (QED) is 0.688. The Morgan fingerprint density at radius 3 is 2.88 bits per heavy atom. The van der Waals surface area contributed by atoms with E-state index in [1.807, 2.05) is 18.2 Å². The van der Waals surface area contributed by atoms with E-state index in [1.54, 1.807) is 6.07 Å². The van der Waals surface area contributed by atoms with Crippen molar-refractivity contribution in [2.45, 2.75) is 6.61 Å². The highest BCUT2D eigenvalue weighted by molar-refractivity contribution is 9.10. The van der Waals surface area contributed by atoms with E-state index >= 15 is 0 Å². The number of nitrogens with zero attached hydrogens (tertiary/aromatic N) is 1. The summed E-state index contributed by atoms with van der Waals surface area (Å²) in [5.74, 6) is -0.144. The Kier molecular flexibility index (Phi) is 2.17. The first kappa shape index (κ1) is 9.78. The molecule has 4 heteroatoms. The average molecular weight is 280 g/mol. The van der Waals surface area contributed by atoms with Crippen LogP contribution < -0.4 is 4.74 Å². The molecule has 0 fully saturated rings. The van der Waals surface area contributed by atoms with Crippen molar-refractivity contribution in [3.05, 3.63) is 46.3 Å². The highest BCUT2D eigenvalue weighted by Gasteiger charge is 2.18. The van der Waals surface area contributed by atoms with Gasteiger partial charge in [-0.05, 0) is 35.4 Å². The fourth-order valence-electron chi connectivity index (χ4n) is 1.82. The normalized spacial score (nSPS) is 12.6. The monoisotopic (exact) mass is 279 g/mol. The molecule has 0 radical (unpaired) electrons. The first-order valence-corrected chi connectivity index (χ1v) is 5.61. The van der Waals surface area contributed by atoms with Crippen molar-refractivity contribution in [3.8, 4) is 17.0 Å². The van der Waals surface area contributed by atoms with E-state index in [-0.39, 0.29) is 0 Å². The van der Waals surface area contributed by atoms with Gasteiger partial charge in [0.15, 0.2) is 0 Å². The van der Waals surface area contributed by atoms with Gasteiger partial charge >= 0.3 is 0 Å². The Labute approximate surface area is 100 Å². The predicted molar refractivity (Wildman–Crippen MR) is 61.7 cm³/mol. The summed E-state index contributed by atoms with van der Waals surface area (Å²) in [6, 6.07) is 8.99. The summed E-state index contributed by atoms with van der Waals surface area (Å²) in [6.45, 7) is 0.429. The highest BCUT2D eigenvalue weighted by atomic mass is 79.9. The topological polar surface area (TPSA) is 22.1 Å². The van der Waals surface area contributed by atoms with Gasteiger partial charge in [0.05, 0.1) is 0 Å². The zero-order chi connectivity index (χ0) is 11.1. The molecule has 16 heavy (non-hydrogen) atoms. The van der Waals surface area contributed by atoms with Crippen LogP contribution in [0.3, 0.4) is 0 Å². The molecule has 1 aromatic carbocycles. The van der Waals surface area contributed by atoms with Crippen LogP contribution in [0.4, 0.5) is 4.39 Å². The minimum Gasteiger partial charge on any atom is -0.472 e. The Morgan fingerprint density at radius 1 is 1.19 bits per heavy atom. The molecule has 0 N–H and O–H groups in total. The standard InChI is InChI=1S/C12H7BrFNO/c13-8-1-2-9-7(5-8)6-16-12-10(9)3-4-11(14)15-12/h1-5H,6H2. The smallest absolute Gasteiger partial charge is 0.224 e. The lowest BCUT2D eigenvalue weighted by Gasteiger charge is -2.19. The van der Waals surface area contributed by atoms with Gasteiger partial charge in [0.25, 0.3) is 0 Å². The Balaban J connectivity index is 2.23. The predicted octanol–water partition coefficient (Wildman–Crippen LogP) is 3.54. The molecule has 1 aliphatic heterocycles. The van der Waals surface area contributed by atoms with Gasteiger partial charge in [-0.25, -0.2) is 0 Å². The third-order valence-corrected chi connectivity index (χ3v) is 3.04. The van der Waals surface area contributed by atoms with Crippen LogP contribution in [0.15, 0.2) is 34.8 Å². The van der Waals surface area contributed by atoms with Crippen molar-refractivity contribution in [2.24, 2.45) is 0 Å². The maximum absolute atomic E-state index is 12.9. The number of rotatable bonds is 0. The fraction of sp³-hybridized carbons (Fsp3) is 0.0833. The van der Waals surface area contributed by atoms with Crippen LogP contribution in [0.25, 0.3) is 11.1 Å². The molecule has 0 saturated carbocycles. The van der Waals surface area contributed by atoms with Crippen molar-refractivity contribution < 1.29 is 9.13 Å². The fourth-order valence-corrected chi connectivity index (χ4v) is 2.23.